The van der Waals surface area contributed by atoms with E-state index in [2.05, 4.69) is 43.3 Å². The van der Waals surface area contributed by atoms with Crippen LogP contribution in [0.5, 0.6) is 0 Å². The Kier molecular flexibility index (Phi) is 3.98. The molecule has 0 spiro atoms. The molecule has 2 rings (SSSR count). The van der Waals surface area contributed by atoms with Gasteiger partial charge in [0, 0.05) is 5.69 Å². The highest BCUT2D eigenvalue weighted by Crippen LogP contribution is 2.08. The van der Waals surface area contributed by atoms with Crippen molar-refractivity contribution >= 4 is 17.8 Å². The standard InChI is InChI=1S/C17H17N/c1-14-5-4-8-16(13-14)7-3-2-6-15-9-11-17(18)12-10-15/h2-13H,18H2,1H3/b6-2+,7-3+. The minimum absolute atomic E-state index is 0.794. The molecule has 0 amide bonds. The lowest BCUT2D eigenvalue weighted by Gasteiger charge is -1.95. The summed E-state index contributed by atoms with van der Waals surface area (Å²) in [5, 5.41) is 0. The molecule has 2 aromatic carbocycles. The number of hydrogen-bond donors (Lipinski definition) is 1. The van der Waals surface area contributed by atoms with Crippen LogP contribution in [0.4, 0.5) is 5.69 Å². The summed E-state index contributed by atoms with van der Waals surface area (Å²) in [5.74, 6) is 0. The average Bonchev–Trinajstić information content (AvgIpc) is 2.37. The Balaban J connectivity index is 2.01. The second-order valence-corrected chi connectivity index (χ2v) is 4.30. The molecular weight excluding hydrogens is 218 g/mol. The molecule has 0 aliphatic carbocycles. The number of aryl methyl sites for hydroxylation is 1. The van der Waals surface area contributed by atoms with Gasteiger partial charge in [0.05, 0.1) is 0 Å². The molecule has 0 atom stereocenters. The van der Waals surface area contributed by atoms with Gasteiger partial charge in [-0.25, -0.2) is 0 Å². The quantitative estimate of drug-likeness (QED) is 0.623. The van der Waals surface area contributed by atoms with Crippen molar-refractivity contribution in [1.29, 1.82) is 0 Å². The molecule has 0 fully saturated rings. The third kappa shape index (κ3) is 3.63. The van der Waals surface area contributed by atoms with Gasteiger partial charge in [0.25, 0.3) is 0 Å². The number of hydrogen-bond acceptors (Lipinski definition) is 1. The Morgan fingerprint density at radius 3 is 2.17 bits per heavy atom. The van der Waals surface area contributed by atoms with E-state index < -0.39 is 0 Å². The normalized spacial score (nSPS) is 11.4. The molecule has 90 valence electrons. The first-order chi connectivity index (χ1) is 8.74. The number of nitrogens with two attached hydrogens (primary N) is 1. The molecule has 0 saturated heterocycles. The highest BCUT2D eigenvalue weighted by atomic mass is 14.5. The number of benzene rings is 2. The largest absolute Gasteiger partial charge is 0.399 e. The van der Waals surface area contributed by atoms with E-state index in [9.17, 15) is 0 Å². The molecule has 2 aromatic rings. The summed E-state index contributed by atoms with van der Waals surface area (Å²) >= 11 is 0. The molecule has 0 aromatic heterocycles. The highest BCUT2D eigenvalue weighted by molar-refractivity contribution is 5.58. The first-order valence-electron chi connectivity index (χ1n) is 6.01. The molecule has 0 aliphatic rings. The summed E-state index contributed by atoms with van der Waals surface area (Å²) in [4.78, 5) is 0. The van der Waals surface area contributed by atoms with E-state index >= 15 is 0 Å². The molecule has 0 aliphatic heterocycles. The minimum Gasteiger partial charge on any atom is -0.399 e. The van der Waals surface area contributed by atoms with Crippen LogP contribution in [-0.4, -0.2) is 0 Å². The zero-order valence-electron chi connectivity index (χ0n) is 10.5. The van der Waals surface area contributed by atoms with E-state index in [0.717, 1.165) is 11.3 Å². The monoisotopic (exact) mass is 235 g/mol. The Morgan fingerprint density at radius 1 is 0.833 bits per heavy atom. The maximum absolute atomic E-state index is 5.63. The van der Waals surface area contributed by atoms with Gasteiger partial charge in [0.2, 0.25) is 0 Å². The van der Waals surface area contributed by atoms with Crippen molar-refractivity contribution in [2.45, 2.75) is 6.92 Å². The second-order valence-electron chi connectivity index (χ2n) is 4.30. The van der Waals surface area contributed by atoms with Crippen molar-refractivity contribution < 1.29 is 0 Å². The van der Waals surface area contributed by atoms with E-state index in [1.807, 2.05) is 36.4 Å². The first-order valence-corrected chi connectivity index (χ1v) is 6.01. The van der Waals surface area contributed by atoms with Crippen LogP contribution in [0.15, 0.2) is 60.7 Å². The molecule has 0 bridgehead atoms. The van der Waals surface area contributed by atoms with E-state index in [1.54, 1.807) is 0 Å². The van der Waals surface area contributed by atoms with Gasteiger partial charge < -0.3 is 5.73 Å². The van der Waals surface area contributed by atoms with Gasteiger partial charge in [-0.05, 0) is 30.2 Å². The number of rotatable bonds is 3. The second kappa shape index (κ2) is 5.87. The van der Waals surface area contributed by atoms with Crippen LogP contribution in [0.1, 0.15) is 16.7 Å². The van der Waals surface area contributed by atoms with Gasteiger partial charge in [-0.15, -0.1) is 0 Å². The number of nitrogen functional groups attached to an aromatic ring is 1. The van der Waals surface area contributed by atoms with Crippen LogP contribution >= 0.6 is 0 Å². The van der Waals surface area contributed by atoms with Crippen LogP contribution < -0.4 is 5.73 Å². The van der Waals surface area contributed by atoms with E-state index in [4.69, 9.17) is 5.73 Å². The lowest BCUT2D eigenvalue weighted by Crippen LogP contribution is -1.82. The van der Waals surface area contributed by atoms with Gasteiger partial charge >= 0.3 is 0 Å². The maximum atomic E-state index is 5.63. The van der Waals surface area contributed by atoms with E-state index in [-0.39, 0.29) is 0 Å². The predicted molar refractivity (Wildman–Crippen MR) is 80.1 cm³/mol. The molecule has 0 radical (unpaired) electrons. The third-order valence-corrected chi connectivity index (χ3v) is 2.67. The number of allylic oxidation sites excluding steroid dienone is 2. The smallest absolute Gasteiger partial charge is 0.0314 e. The molecule has 1 heteroatoms. The average molecular weight is 235 g/mol. The number of anilines is 1. The van der Waals surface area contributed by atoms with Crippen LogP contribution in [0.2, 0.25) is 0 Å². The zero-order chi connectivity index (χ0) is 12.8. The van der Waals surface area contributed by atoms with Crippen molar-refractivity contribution in [3.63, 3.8) is 0 Å². The summed E-state index contributed by atoms with van der Waals surface area (Å²) in [5.41, 5.74) is 10.1. The lowest BCUT2D eigenvalue weighted by atomic mass is 10.1. The Bertz CT molecular complexity index is 562. The molecule has 0 unspecified atom stereocenters. The molecule has 0 heterocycles. The summed E-state index contributed by atoms with van der Waals surface area (Å²) < 4.78 is 0. The van der Waals surface area contributed by atoms with Crippen molar-refractivity contribution in [2.24, 2.45) is 0 Å². The summed E-state index contributed by atoms with van der Waals surface area (Å²) in [6.45, 7) is 2.10. The topological polar surface area (TPSA) is 26.0 Å². The van der Waals surface area contributed by atoms with Crippen molar-refractivity contribution in [3.05, 3.63) is 77.4 Å². The van der Waals surface area contributed by atoms with Gasteiger partial charge in [-0.1, -0.05) is 66.3 Å². The van der Waals surface area contributed by atoms with Gasteiger partial charge in [0.15, 0.2) is 0 Å². The van der Waals surface area contributed by atoms with Crippen LogP contribution in [0.3, 0.4) is 0 Å². The SMILES string of the molecule is Cc1cccc(/C=C/C=C/c2ccc(N)cc2)c1. The zero-order valence-corrected chi connectivity index (χ0v) is 10.5. The van der Waals surface area contributed by atoms with Crippen molar-refractivity contribution in [1.82, 2.24) is 0 Å². The summed E-state index contributed by atoms with van der Waals surface area (Å²) in [6.07, 6.45) is 8.24. The van der Waals surface area contributed by atoms with E-state index in [1.165, 1.54) is 11.1 Å². The molecule has 18 heavy (non-hydrogen) atoms. The summed E-state index contributed by atoms with van der Waals surface area (Å²) in [7, 11) is 0. The first kappa shape index (κ1) is 12.2. The van der Waals surface area contributed by atoms with Gasteiger partial charge in [0.1, 0.15) is 0 Å². The maximum Gasteiger partial charge on any atom is 0.0314 e. The Labute approximate surface area is 108 Å². The van der Waals surface area contributed by atoms with Crippen LogP contribution in [0.25, 0.3) is 12.2 Å². The highest BCUT2D eigenvalue weighted by Gasteiger charge is 1.87. The van der Waals surface area contributed by atoms with Crippen molar-refractivity contribution in [2.75, 3.05) is 5.73 Å². The summed E-state index contributed by atoms with van der Waals surface area (Å²) in [6, 6.07) is 16.3. The van der Waals surface area contributed by atoms with Crippen molar-refractivity contribution in [3.8, 4) is 0 Å². The van der Waals surface area contributed by atoms with E-state index in [0.29, 0.717) is 0 Å². The fourth-order valence-corrected chi connectivity index (χ4v) is 1.71. The fraction of sp³-hybridized carbons (Fsp3) is 0.0588. The predicted octanol–water partition coefficient (Wildman–Crippen LogP) is 4.30. The Morgan fingerprint density at radius 2 is 1.50 bits per heavy atom. The van der Waals surface area contributed by atoms with Gasteiger partial charge in [-0.2, -0.15) is 0 Å². The van der Waals surface area contributed by atoms with Gasteiger partial charge in [-0.3, -0.25) is 0 Å². The van der Waals surface area contributed by atoms with Crippen LogP contribution in [0, 0.1) is 6.92 Å². The lowest BCUT2D eigenvalue weighted by molar-refractivity contribution is 1.46. The molecular formula is C17H17N. The fourth-order valence-electron chi connectivity index (χ4n) is 1.71. The third-order valence-electron chi connectivity index (χ3n) is 2.67. The molecule has 0 saturated carbocycles. The Hall–Kier alpha value is -2.28. The molecule has 1 nitrogen and oxygen atoms in total. The van der Waals surface area contributed by atoms with Crippen LogP contribution in [-0.2, 0) is 0 Å². The minimum atomic E-state index is 0.794. The molecule has 2 N–H and O–H groups in total.